The van der Waals surface area contributed by atoms with Crippen LogP contribution in [0.15, 0.2) is 0 Å². The van der Waals surface area contributed by atoms with Crippen molar-refractivity contribution in [3.05, 3.63) is 0 Å². The Kier molecular flexibility index (Phi) is 3.90. The normalized spacial score (nSPS) is 33.4. The predicted molar refractivity (Wildman–Crippen MR) is 67.0 cm³/mol. The van der Waals surface area contributed by atoms with Crippen LogP contribution >= 0.6 is 0 Å². The first-order valence-corrected chi connectivity index (χ1v) is 6.78. The molecular formula is C13H22N2O3. The summed E-state index contributed by atoms with van der Waals surface area (Å²) in [7, 11) is 0. The fraction of sp³-hybridized carbons (Fsp3) is 0.846. The van der Waals surface area contributed by atoms with Crippen LogP contribution in [0.1, 0.15) is 39.5 Å². The summed E-state index contributed by atoms with van der Waals surface area (Å²) in [4.78, 5) is 25.8. The maximum absolute atomic E-state index is 12.0. The van der Waals surface area contributed by atoms with E-state index in [0.29, 0.717) is 13.0 Å². The molecule has 102 valence electrons. The lowest BCUT2D eigenvalue weighted by molar-refractivity contribution is -0.156. The fourth-order valence-electron chi connectivity index (χ4n) is 2.65. The first kappa shape index (κ1) is 13.3. The Hall–Kier alpha value is -1.10. The second kappa shape index (κ2) is 5.26. The van der Waals surface area contributed by atoms with Gasteiger partial charge in [0.15, 0.2) is 0 Å². The number of rotatable bonds is 3. The molecule has 0 aromatic rings. The van der Waals surface area contributed by atoms with E-state index >= 15 is 0 Å². The van der Waals surface area contributed by atoms with Gasteiger partial charge in [0.1, 0.15) is 5.54 Å². The van der Waals surface area contributed by atoms with E-state index in [4.69, 9.17) is 4.74 Å². The second-order valence-electron chi connectivity index (χ2n) is 5.30. The minimum absolute atomic E-state index is 0.00637. The van der Waals surface area contributed by atoms with Crippen LogP contribution in [0, 0.1) is 0 Å². The lowest BCUT2D eigenvalue weighted by Gasteiger charge is -2.44. The molecular weight excluding hydrogens is 232 g/mol. The van der Waals surface area contributed by atoms with Gasteiger partial charge in [0.25, 0.3) is 0 Å². The Morgan fingerprint density at radius 3 is 2.83 bits per heavy atom. The number of hydrogen-bond donors (Lipinski definition) is 1. The van der Waals surface area contributed by atoms with Gasteiger partial charge in [-0.15, -0.1) is 0 Å². The third-order valence-corrected chi connectivity index (χ3v) is 4.13. The van der Waals surface area contributed by atoms with E-state index in [2.05, 4.69) is 5.32 Å². The minimum atomic E-state index is -0.726. The lowest BCUT2D eigenvalue weighted by atomic mass is 9.91. The average molecular weight is 254 g/mol. The van der Waals surface area contributed by atoms with Gasteiger partial charge in [-0.25, -0.2) is 0 Å². The molecule has 2 unspecified atom stereocenters. The highest BCUT2D eigenvalue weighted by Crippen LogP contribution is 2.25. The Morgan fingerprint density at radius 2 is 2.22 bits per heavy atom. The molecule has 0 spiro atoms. The van der Waals surface area contributed by atoms with Crippen molar-refractivity contribution in [2.75, 3.05) is 19.7 Å². The molecule has 2 atom stereocenters. The van der Waals surface area contributed by atoms with E-state index in [1.165, 1.54) is 0 Å². The summed E-state index contributed by atoms with van der Waals surface area (Å²) in [6.45, 7) is 5.19. The predicted octanol–water partition coefficient (Wildman–Crippen LogP) is 0.683. The van der Waals surface area contributed by atoms with Crippen molar-refractivity contribution in [2.45, 2.75) is 51.2 Å². The van der Waals surface area contributed by atoms with Crippen LogP contribution in [0.5, 0.6) is 0 Å². The van der Waals surface area contributed by atoms with Gasteiger partial charge < -0.3 is 15.0 Å². The summed E-state index contributed by atoms with van der Waals surface area (Å²) >= 11 is 0. The van der Waals surface area contributed by atoms with Crippen molar-refractivity contribution in [3.63, 3.8) is 0 Å². The van der Waals surface area contributed by atoms with E-state index in [1.807, 2.05) is 13.8 Å². The summed E-state index contributed by atoms with van der Waals surface area (Å²) in [5, 5.41) is 2.67. The van der Waals surface area contributed by atoms with Gasteiger partial charge in [-0.05, 0) is 32.6 Å². The molecule has 2 saturated heterocycles. The monoisotopic (exact) mass is 254 g/mol. The fourth-order valence-corrected chi connectivity index (χ4v) is 2.65. The quantitative estimate of drug-likeness (QED) is 0.806. The van der Waals surface area contributed by atoms with Crippen LogP contribution < -0.4 is 5.32 Å². The molecule has 0 aromatic carbocycles. The molecule has 2 amide bonds. The number of carbonyl (C=O) groups is 2. The largest absolute Gasteiger partial charge is 0.376 e. The number of piperazine rings is 1. The van der Waals surface area contributed by atoms with Gasteiger partial charge in [-0.1, -0.05) is 6.92 Å². The highest BCUT2D eigenvalue weighted by atomic mass is 16.5. The van der Waals surface area contributed by atoms with Gasteiger partial charge in [0, 0.05) is 13.2 Å². The number of nitrogens with zero attached hydrogens (tertiary/aromatic N) is 1. The first-order chi connectivity index (χ1) is 8.58. The van der Waals surface area contributed by atoms with Crippen molar-refractivity contribution in [3.8, 4) is 0 Å². The van der Waals surface area contributed by atoms with E-state index in [1.54, 1.807) is 4.90 Å². The molecule has 5 nitrogen and oxygen atoms in total. The molecule has 18 heavy (non-hydrogen) atoms. The molecule has 0 bridgehead atoms. The summed E-state index contributed by atoms with van der Waals surface area (Å²) in [5.41, 5.74) is -0.726. The molecule has 2 aliphatic heterocycles. The SMILES string of the molecule is CCC1(C)C(=O)NCC(=O)N1CC1CCCCO1. The molecule has 5 heteroatoms. The highest BCUT2D eigenvalue weighted by Gasteiger charge is 2.44. The van der Waals surface area contributed by atoms with E-state index in [9.17, 15) is 9.59 Å². The van der Waals surface area contributed by atoms with Crippen molar-refractivity contribution in [1.82, 2.24) is 10.2 Å². The lowest BCUT2D eigenvalue weighted by Crippen LogP contribution is -2.66. The van der Waals surface area contributed by atoms with Crippen LogP contribution in [0.25, 0.3) is 0 Å². The highest BCUT2D eigenvalue weighted by molar-refractivity contribution is 5.97. The minimum Gasteiger partial charge on any atom is -0.376 e. The van der Waals surface area contributed by atoms with E-state index in [0.717, 1.165) is 25.9 Å². The third-order valence-electron chi connectivity index (χ3n) is 4.13. The molecule has 1 N–H and O–H groups in total. The van der Waals surface area contributed by atoms with Gasteiger partial charge >= 0.3 is 0 Å². The third kappa shape index (κ3) is 2.36. The van der Waals surface area contributed by atoms with Crippen molar-refractivity contribution in [2.24, 2.45) is 0 Å². The number of hydrogen-bond acceptors (Lipinski definition) is 3. The molecule has 0 aromatic heterocycles. The molecule has 2 aliphatic rings. The van der Waals surface area contributed by atoms with Crippen molar-refractivity contribution >= 4 is 11.8 Å². The summed E-state index contributed by atoms with van der Waals surface area (Å²) in [6, 6.07) is 0. The number of carbonyl (C=O) groups excluding carboxylic acids is 2. The molecule has 2 rings (SSSR count). The zero-order chi connectivity index (χ0) is 13.2. The number of amides is 2. The zero-order valence-electron chi connectivity index (χ0n) is 11.2. The summed E-state index contributed by atoms with van der Waals surface area (Å²) in [5.74, 6) is -0.0615. The maximum atomic E-state index is 12.0. The summed E-state index contributed by atoms with van der Waals surface area (Å²) < 4.78 is 5.68. The smallest absolute Gasteiger partial charge is 0.246 e. The topological polar surface area (TPSA) is 58.6 Å². The summed E-state index contributed by atoms with van der Waals surface area (Å²) in [6.07, 6.45) is 3.92. The molecule has 2 heterocycles. The maximum Gasteiger partial charge on any atom is 0.246 e. The molecule has 0 saturated carbocycles. The molecule has 0 aliphatic carbocycles. The van der Waals surface area contributed by atoms with Gasteiger partial charge in [0.05, 0.1) is 12.6 Å². The Balaban J connectivity index is 2.10. The van der Waals surface area contributed by atoms with Crippen molar-refractivity contribution < 1.29 is 14.3 Å². The van der Waals surface area contributed by atoms with Crippen molar-refractivity contribution in [1.29, 1.82) is 0 Å². The van der Waals surface area contributed by atoms with E-state index < -0.39 is 5.54 Å². The standard InChI is InChI=1S/C13H22N2O3/c1-3-13(2)12(17)14-8-11(16)15(13)9-10-6-4-5-7-18-10/h10H,3-9H2,1-2H3,(H,14,17). The van der Waals surface area contributed by atoms with Gasteiger partial charge in [-0.3, -0.25) is 9.59 Å². The van der Waals surface area contributed by atoms with Crippen LogP contribution in [0.3, 0.4) is 0 Å². The molecule has 0 radical (unpaired) electrons. The Labute approximate surface area is 108 Å². The molecule has 2 fully saturated rings. The first-order valence-electron chi connectivity index (χ1n) is 6.78. The average Bonchev–Trinajstić information content (AvgIpc) is 2.40. The Bertz CT molecular complexity index is 339. The Morgan fingerprint density at radius 1 is 1.44 bits per heavy atom. The van der Waals surface area contributed by atoms with Gasteiger partial charge in [-0.2, -0.15) is 0 Å². The number of nitrogens with one attached hydrogen (secondary N) is 1. The van der Waals surface area contributed by atoms with Gasteiger partial charge in [0.2, 0.25) is 11.8 Å². The van der Waals surface area contributed by atoms with Crippen LogP contribution in [-0.2, 0) is 14.3 Å². The van der Waals surface area contributed by atoms with E-state index in [-0.39, 0.29) is 24.5 Å². The number of ether oxygens (including phenoxy) is 1. The van der Waals surface area contributed by atoms with Crippen LogP contribution in [0.4, 0.5) is 0 Å². The zero-order valence-corrected chi connectivity index (χ0v) is 11.2. The van der Waals surface area contributed by atoms with Crippen LogP contribution in [-0.4, -0.2) is 48.1 Å². The second-order valence-corrected chi connectivity index (χ2v) is 5.30. The van der Waals surface area contributed by atoms with Crippen LogP contribution in [0.2, 0.25) is 0 Å².